The Morgan fingerprint density at radius 1 is 0.857 bits per heavy atom. The van der Waals surface area contributed by atoms with Gasteiger partial charge < -0.3 is 10.0 Å². The van der Waals surface area contributed by atoms with E-state index < -0.39 is 0 Å². The molecule has 5 heteroatoms. The molecule has 0 aliphatic heterocycles. The Kier molecular flexibility index (Phi) is 5.00. The largest absolute Gasteiger partial charge is 0.330 e. The summed E-state index contributed by atoms with van der Waals surface area (Å²) in [5, 5.41) is 2.82. The van der Waals surface area contributed by atoms with Crippen LogP contribution in [0.25, 0.3) is 0 Å². The lowest BCUT2D eigenvalue weighted by Crippen LogP contribution is -2.12. The molecule has 0 saturated heterocycles. The molecule has 2 rings (SSSR count). The average molecular weight is 300 g/mol. The van der Waals surface area contributed by atoms with Gasteiger partial charge in [-0.15, -0.1) is 0 Å². The second-order valence-corrected chi connectivity index (χ2v) is 5.08. The number of nitrogens with one attached hydrogen (secondary N) is 2. The Bertz CT molecular complexity index is 636. The van der Waals surface area contributed by atoms with Gasteiger partial charge in [-0.25, -0.2) is 0 Å². The molecule has 0 aliphatic rings. The molecule has 0 unspecified atom stereocenters. The molecule has 0 bridgehead atoms. The molecule has 0 radical (unpaired) electrons. The second kappa shape index (κ2) is 6.95. The number of anilines is 2. The van der Waals surface area contributed by atoms with Crippen molar-refractivity contribution >= 4 is 35.0 Å². The van der Waals surface area contributed by atoms with Gasteiger partial charge in [0.15, 0.2) is 5.78 Å². The minimum absolute atomic E-state index is 0.0150. The Morgan fingerprint density at radius 3 is 1.90 bits per heavy atom. The molecule has 2 N–H and O–H groups in total. The van der Waals surface area contributed by atoms with Crippen LogP contribution in [0.5, 0.6) is 0 Å². The van der Waals surface area contributed by atoms with E-state index in [1.54, 1.807) is 24.3 Å². The highest BCUT2D eigenvalue weighted by Gasteiger charge is 2.07. The van der Waals surface area contributed by atoms with Crippen molar-refractivity contribution in [2.75, 3.05) is 16.3 Å². The van der Waals surface area contributed by atoms with Crippen molar-refractivity contribution in [1.29, 1.82) is 0 Å². The summed E-state index contributed by atoms with van der Waals surface area (Å²) in [7, 11) is 0. The smallest absolute Gasteiger partial charge is 0.255 e. The molecule has 0 spiro atoms. The summed E-state index contributed by atoms with van der Waals surface area (Å²) in [4.78, 5) is 23.3. The molecule has 1 amide bonds. The molecule has 2 aromatic carbocycles. The van der Waals surface area contributed by atoms with Gasteiger partial charge in [-0.2, -0.15) is 0 Å². The van der Waals surface area contributed by atoms with Crippen LogP contribution in [-0.2, 0) is 0 Å². The first kappa shape index (κ1) is 15.1. The molecule has 108 valence electrons. The summed E-state index contributed by atoms with van der Waals surface area (Å²) >= 11 is 1.51. The van der Waals surface area contributed by atoms with Crippen LogP contribution in [0.1, 0.15) is 27.6 Å². The summed E-state index contributed by atoms with van der Waals surface area (Å²) in [5.41, 5.74) is 2.82. The maximum Gasteiger partial charge on any atom is 0.255 e. The minimum atomic E-state index is -0.198. The number of carbonyl (C=O) groups excluding carboxylic acids is 2. The fourth-order valence-corrected chi connectivity index (χ4v) is 2.17. The SMILES string of the molecule is CSNc1ccc(NC(=O)c2ccc(C(C)=O)cc2)cc1. The fraction of sp³-hybridized carbons (Fsp3) is 0.125. The molecule has 0 atom stereocenters. The number of ketones is 1. The molecule has 21 heavy (non-hydrogen) atoms. The highest BCUT2D eigenvalue weighted by atomic mass is 32.2. The number of rotatable bonds is 5. The van der Waals surface area contributed by atoms with Crippen molar-refractivity contribution in [3.05, 3.63) is 59.7 Å². The van der Waals surface area contributed by atoms with E-state index in [-0.39, 0.29) is 11.7 Å². The second-order valence-electron chi connectivity index (χ2n) is 4.47. The normalized spacial score (nSPS) is 10.0. The van der Waals surface area contributed by atoms with Crippen molar-refractivity contribution < 1.29 is 9.59 Å². The lowest BCUT2D eigenvalue weighted by atomic mass is 10.1. The molecular formula is C16H16N2O2S. The Hall–Kier alpha value is -2.27. The third-order valence-electron chi connectivity index (χ3n) is 2.92. The predicted molar refractivity (Wildman–Crippen MR) is 88.0 cm³/mol. The van der Waals surface area contributed by atoms with E-state index in [0.717, 1.165) is 11.4 Å². The van der Waals surface area contributed by atoms with E-state index in [2.05, 4.69) is 10.0 Å². The first-order chi connectivity index (χ1) is 10.1. The van der Waals surface area contributed by atoms with Crippen LogP contribution in [-0.4, -0.2) is 17.9 Å². The molecule has 2 aromatic rings. The third kappa shape index (κ3) is 4.10. The summed E-state index contributed by atoms with van der Waals surface area (Å²) in [5.74, 6) is -0.213. The van der Waals surface area contributed by atoms with Crippen molar-refractivity contribution in [2.24, 2.45) is 0 Å². The van der Waals surface area contributed by atoms with Gasteiger partial charge in [0.05, 0.1) is 0 Å². The Morgan fingerprint density at radius 2 is 1.38 bits per heavy atom. The zero-order valence-corrected chi connectivity index (χ0v) is 12.7. The van der Waals surface area contributed by atoms with Gasteiger partial charge in [0, 0.05) is 28.8 Å². The van der Waals surface area contributed by atoms with Crippen LogP contribution in [0.15, 0.2) is 48.5 Å². The maximum absolute atomic E-state index is 12.1. The van der Waals surface area contributed by atoms with Gasteiger partial charge in [-0.1, -0.05) is 24.1 Å². The number of carbonyl (C=O) groups is 2. The quantitative estimate of drug-likeness (QED) is 0.651. The standard InChI is InChI=1S/C16H16N2O2S/c1-11(19)12-3-5-13(6-4-12)16(20)17-14-7-9-15(10-8-14)18-21-2/h3-10,18H,1-2H3,(H,17,20). The molecule has 0 aromatic heterocycles. The first-order valence-electron chi connectivity index (χ1n) is 6.41. The van der Waals surface area contributed by atoms with Gasteiger partial charge in [-0.3, -0.25) is 9.59 Å². The van der Waals surface area contributed by atoms with E-state index in [1.165, 1.54) is 18.9 Å². The average Bonchev–Trinajstić information content (AvgIpc) is 2.49. The fourth-order valence-electron chi connectivity index (χ4n) is 1.80. The van der Waals surface area contributed by atoms with Gasteiger partial charge >= 0.3 is 0 Å². The van der Waals surface area contributed by atoms with Crippen LogP contribution >= 0.6 is 11.9 Å². The predicted octanol–water partition coefficient (Wildman–Crippen LogP) is 3.83. The van der Waals surface area contributed by atoms with Crippen LogP contribution in [0.2, 0.25) is 0 Å². The summed E-state index contributed by atoms with van der Waals surface area (Å²) < 4.78 is 3.11. The molecule has 0 heterocycles. The number of hydrogen-bond donors (Lipinski definition) is 2. The van der Waals surface area contributed by atoms with E-state index in [4.69, 9.17) is 0 Å². The summed E-state index contributed by atoms with van der Waals surface area (Å²) in [6.07, 6.45) is 1.94. The topological polar surface area (TPSA) is 58.2 Å². The number of Topliss-reactive ketones (excluding diaryl/α,β-unsaturated/α-hetero) is 1. The van der Waals surface area contributed by atoms with E-state index >= 15 is 0 Å². The van der Waals surface area contributed by atoms with Crippen molar-refractivity contribution in [3.8, 4) is 0 Å². The van der Waals surface area contributed by atoms with E-state index in [9.17, 15) is 9.59 Å². The Balaban J connectivity index is 2.05. The van der Waals surface area contributed by atoms with E-state index in [0.29, 0.717) is 11.1 Å². The molecule has 0 aliphatic carbocycles. The molecule has 0 saturated carbocycles. The van der Waals surface area contributed by atoms with Gasteiger partial charge in [-0.05, 0) is 43.3 Å². The maximum atomic E-state index is 12.1. The van der Waals surface area contributed by atoms with E-state index in [1.807, 2.05) is 30.5 Å². The highest BCUT2D eigenvalue weighted by Crippen LogP contribution is 2.16. The van der Waals surface area contributed by atoms with Crippen molar-refractivity contribution in [2.45, 2.75) is 6.92 Å². The Labute approximate surface area is 128 Å². The molecule has 4 nitrogen and oxygen atoms in total. The van der Waals surface area contributed by atoms with Crippen molar-refractivity contribution in [3.63, 3.8) is 0 Å². The number of amides is 1. The van der Waals surface area contributed by atoms with Crippen molar-refractivity contribution in [1.82, 2.24) is 0 Å². The highest BCUT2D eigenvalue weighted by molar-refractivity contribution is 7.99. The van der Waals surface area contributed by atoms with Crippen LogP contribution in [0.4, 0.5) is 11.4 Å². The van der Waals surface area contributed by atoms with Gasteiger partial charge in [0.25, 0.3) is 5.91 Å². The zero-order chi connectivity index (χ0) is 15.2. The lowest BCUT2D eigenvalue weighted by molar-refractivity contribution is 0.101. The molecule has 0 fully saturated rings. The minimum Gasteiger partial charge on any atom is -0.330 e. The van der Waals surface area contributed by atoms with Gasteiger partial charge in [0.1, 0.15) is 0 Å². The molecular weight excluding hydrogens is 284 g/mol. The zero-order valence-electron chi connectivity index (χ0n) is 11.8. The summed E-state index contributed by atoms with van der Waals surface area (Å²) in [6, 6.07) is 14.1. The third-order valence-corrected chi connectivity index (χ3v) is 3.36. The van der Waals surface area contributed by atoms with Crippen LogP contribution in [0.3, 0.4) is 0 Å². The van der Waals surface area contributed by atoms with Gasteiger partial charge in [0.2, 0.25) is 0 Å². The number of benzene rings is 2. The monoisotopic (exact) mass is 300 g/mol. The summed E-state index contributed by atoms with van der Waals surface area (Å²) in [6.45, 7) is 1.50. The number of hydrogen-bond acceptors (Lipinski definition) is 4. The first-order valence-corrected chi connectivity index (χ1v) is 7.64. The lowest BCUT2D eigenvalue weighted by Gasteiger charge is -2.07. The van der Waals surface area contributed by atoms with Crippen LogP contribution < -0.4 is 10.0 Å². The van der Waals surface area contributed by atoms with Crippen LogP contribution in [0, 0.1) is 0 Å².